The van der Waals surface area contributed by atoms with Gasteiger partial charge in [-0.05, 0) is 29.3 Å². The minimum absolute atomic E-state index is 0.0715. The molecule has 16 heavy (non-hydrogen) atoms. The fraction of sp³-hybridized carbons (Fsp3) is 0. The van der Waals surface area contributed by atoms with Gasteiger partial charge in [0, 0.05) is 4.91 Å². The van der Waals surface area contributed by atoms with Crippen LogP contribution < -0.4 is 0 Å². The van der Waals surface area contributed by atoms with Crippen LogP contribution in [0, 0.1) is 5.82 Å². The highest BCUT2D eigenvalue weighted by atomic mass is 35.5. The summed E-state index contributed by atoms with van der Waals surface area (Å²) in [6.07, 6.45) is 1.04. The molecule has 0 aliphatic carbocycles. The first-order valence-corrected chi connectivity index (χ1v) is 4.37. The second kappa shape index (κ2) is 5.16. The quantitative estimate of drug-likeness (QED) is 0.381. The zero-order chi connectivity index (χ0) is 12.1. The molecule has 0 aliphatic heterocycles. The molecule has 0 fully saturated rings. The lowest BCUT2D eigenvalue weighted by molar-refractivity contribution is -0.132. The Morgan fingerprint density at radius 3 is 2.81 bits per heavy atom. The summed E-state index contributed by atoms with van der Waals surface area (Å²) in [5, 5.41) is 11.5. The molecule has 0 heterocycles. The highest BCUT2D eigenvalue weighted by Gasteiger charge is 2.05. The van der Waals surface area contributed by atoms with E-state index in [4.69, 9.17) is 22.2 Å². The van der Waals surface area contributed by atoms with E-state index < -0.39 is 17.5 Å². The largest absolute Gasteiger partial charge is 0.478 e. The molecule has 0 unspecified atom stereocenters. The standard InChI is InChI=1S/C9H5ClFN3O2/c10-6-2-1-5(3-7(6)11)4-8(9(15)16)13-14-12/h1-4H,(H,15,16). The van der Waals surface area contributed by atoms with Gasteiger partial charge in [0.2, 0.25) is 0 Å². The Bertz CT molecular complexity index is 505. The monoisotopic (exact) mass is 241 g/mol. The van der Waals surface area contributed by atoms with Crippen LogP contribution in [-0.2, 0) is 4.79 Å². The van der Waals surface area contributed by atoms with E-state index in [0.29, 0.717) is 0 Å². The Labute approximate surface area is 94.4 Å². The van der Waals surface area contributed by atoms with Crippen molar-refractivity contribution in [3.05, 3.63) is 50.7 Å². The maximum atomic E-state index is 13.0. The molecule has 1 rings (SSSR count). The summed E-state index contributed by atoms with van der Waals surface area (Å²) in [4.78, 5) is 12.9. The van der Waals surface area contributed by atoms with Crippen LogP contribution in [0.2, 0.25) is 5.02 Å². The lowest BCUT2D eigenvalue weighted by Crippen LogP contribution is -1.96. The van der Waals surface area contributed by atoms with Gasteiger partial charge in [0.15, 0.2) is 0 Å². The first kappa shape index (κ1) is 12.0. The molecule has 1 N–H and O–H groups in total. The molecular weight excluding hydrogens is 237 g/mol. The summed E-state index contributed by atoms with van der Waals surface area (Å²) in [5.41, 5.74) is 7.84. The maximum absolute atomic E-state index is 13.0. The molecule has 7 heteroatoms. The minimum atomic E-state index is -1.40. The molecule has 5 nitrogen and oxygen atoms in total. The summed E-state index contributed by atoms with van der Waals surface area (Å²) >= 11 is 5.45. The van der Waals surface area contributed by atoms with E-state index in [1.807, 2.05) is 0 Å². The van der Waals surface area contributed by atoms with Gasteiger partial charge in [-0.1, -0.05) is 22.8 Å². The molecule has 0 amide bonds. The number of carboxylic acid groups (broad SMARTS) is 1. The number of hydrogen-bond acceptors (Lipinski definition) is 2. The molecule has 0 saturated carbocycles. The van der Waals surface area contributed by atoms with Crippen LogP contribution in [0.1, 0.15) is 5.56 Å². The number of aliphatic carboxylic acids is 1. The molecule has 82 valence electrons. The average Bonchev–Trinajstić information content (AvgIpc) is 2.22. The fourth-order valence-corrected chi connectivity index (χ4v) is 1.06. The van der Waals surface area contributed by atoms with E-state index in [9.17, 15) is 9.18 Å². The first-order chi connectivity index (χ1) is 7.54. The summed E-state index contributed by atoms with van der Waals surface area (Å²) < 4.78 is 13.0. The third kappa shape index (κ3) is 2.98. The Balaban J connectivity index is 3.18. The molecular formula is C9H5ClFN3O2. The Morgan fingerprint density at radius 1 is 1.62 bits per heavy atom. The van der Waals surface area contributed by atoms with Crippen LogP contribution >= 0.6 is 11.6 Å². The van der Waals surface area contributed by atoms with Crippen LogP contribution in [-0.4, -0.2) is 11.1 Å². The van der Waals surface area contributed by atoms with Crippen molar-refractivity contribution in [3.8, 4) is 0 Å². The molecule has 1 aromatic carbocycles. The van der Waals surface area contributed by atoms with Crippen LogP contribution in [0.15, 0.2) is 29.0 Å². The molecule has 0 radical (unpaired) electrons. The predicted octanol–water partition coefficient (Wildman–Crippen LogP) is 3.21. The van der Waals surface area contributed by atoms with Crippen molar-refractivity contribution in [2.75, 3.05) is 0 Å². The number of carbonyl (C=O) groups is 1. The number of benzene rings is 1. The Morgan fingerprint density at radius 2 is 2.31 bits per heavy atom. The number of halogens is 2. The van der Waals surface area contributed by atoms with Crippen molar-refractivity contribution >= 4 is 23.6 Å². The van der Waals surface area contributed by atoms with Gasteiger partial charge in [0.25, 0.3) is 0 Å². The highest BCUT2D eigenvalue weighted by Crippen LogP contribution is 2.17. The van der Waals surface area contributed by atoms with Crippen molar-refractivity contribution in [1.29, 1.82) is 0 Å². The van der Waals surface area contributed by atoms with Gasteiger partial charge >= 0.3 is 5.97 Å². The van der Waals surface area contributed by atoms with Gasteiger partial charge in [-0.25, -0.2) is 9.18 Å². The van der Waals surface area contributed by atoms with Crippen molar-refractivity contribution in [2.45, 2.75) is 0 Å². The average molecular weight is 242 g/mol. The fourth-order valence-electron chi connectivity index (χ4n) is 0.942. The summed E-state index contributed by atoms with van der Waals surface area (Å²) in [6.45, 7) is 0. The van der Waals surface area contributed by atoms with E-state index in [1.54, 1.807) is 0 Å². The first-order valence-electron chi connectivity index (χ1n) is 3.99. The lowest BCUT2D eigenvalue weighted by atomic mass is 10.2. The second-order valence-corrected chi connectivity index (χ2v) is 3.10. The summed E-state index contributed by atoms with van der Waals surface area (Å²) in [7, 11) is 0. The minimum Gasteiger partial charge on any atom is -0.478 e. The zero-order valence-electron chi connectivity index (χ0n) is 7.76. The van der Waals surface area contributed by atoms with E-state index in [-0.39, 0.29) is 10.6 Å². The molecule has 0 aliphatic rings. The smallest absolute Gasteiger partial charge is 0.338 e. The van der Waals surface area contributed by atoms with E-state index in [2.05, 4.69) is 10.0 Å². The van der Waals surface area contributed by atoms with Crippen LogP contribution in [0.25, 0.3) is 16.5 Å². The van der Waals surface area contributed by atoms with Crippen molar-refractivity contribution in [2.24, 2.45) is 5.11 Å². The third-order valence-electron chi connectivity index (χ3n) is 1.62. The zero-order valence-corrected chi connectivity index (χ0v) is 8.52. The number of azide groups is 1. The number of hydrogen-bond donors (Lipinski definition) is 1. The van der Waals surface area contributed by atoms with Crippen molar-refractivity contribution in [3.63, 3.8) is 0 Å². The summed E-state index contributed by atoms with van der Waals surface area (Å²) in [5.74, 6) is -2.07. The third-order valence-corrected chi connectivity index (χ3v) is 1.93. The number of rotatable bonds is 3. The van der Waals surface area contributed by atoms with E-state index >= 15 is 0 Å². The molecule has 0 spiro atoms. The van der Waals surface area contributed by atoms with Gasteiger partial charge in [0.1, 0.15) is 11.5 Å². The lowest BCUT2D eigenvalue weighted by Gasteiger charge is -1.97. The van der Waals surface area contributed by atoms with Crippen molar-refractivity contribution in [1.82, 2.24) is 0 Å². The summed E-state index contributed by atoms with van der Waals surface area (Å²) in [6, 6.07) is 3.72. The van der Waals surface area contributed by atoms with Crippen LogP contribution in [0.3, 0.4) is 0 Å². The van der Waals surface area contributed by atoms with E-state index in [1.165, 1.54) is 12.1 Å². The van der Waals surface area contributed by atoms with Gasteiger partial charge in [-0.2, -0.15) is 0 Å². The van der Waals surface area contributed by atoms with Crippen LogP contribution in [0.5, 0.6) is 0 Å². The highest BCUT2D eigenvalue weighted by molar-refractivity contribution is 6.30. The van der Waals surface area contributed by atoms with Gasteiger partial charge in [0.05, 0.1) is 5.02 Å². The van der Waals surface area contributed by atoms with Gasteiger partial charge in [-0.15, -0.1) is 0 Å². The van der Waals surface area contributed by atoms with Gasteiger partial charge < -0.3 is 5.11 Å². The number of carboxylic acids is 1. The van der Waals surface area contributed by atoms with Crippen molar-refractivity contribution < 1.29 is 14.3 Å². The number of nitrogens with zero attached hydrogens (tertiary/aromatic N) is 3. The predicted molar refractivity (Wildman–Crippen MR) is 56.2 cm³/mol. The SMILES string of the molecule is [N-]=[N+]=NC(=Cc1ccc(Cl)c(F)c1)C(=O)O. The normalized spacial score (nSPS) is 10.8. The molecule has 1 aromatic rings. The van der Waals surface area contributed by atoms with Gasteiger partial charge in [-0.3, -0.25) is 0 Å². The molecule has 0 saturated heterocycles. The van der Waals surface area contributed by atoms with E-state index in [0.717, 1.165) is 12.1 Å². The Hall–Kier alpha value is -2.04. The topological polar surface area (TPSA) is 86.1 Å². The molecule has 0 aromatic heterocycles. The molecule has 0 atom stereocenters. The second-order valence-electron chi connectivity index (χ2n) is 2.70. The van der Waals surface area contributed by atoms with Crippen LogP contribution in [0.4, 0.5) is 4.39 Å². The maximum Gasteiger partial charge on any atom is 0.338 e. The molecule has 0 bridgehead atoms. The Kier molecular flexibility index (Phi) is 3.88.